The molecule has 3 atom stereocenters. The molecule has 1 N–H and O–H groups in total. The molecule has 0 aromatic carbocycles. The zero-order chi connectivity index (χ0) is 10.6. The molecule has 82 valence electrons. The Labute approximate surface area is 92.0 Å². The third-order valence-electron chi connectivity index (χ3n) is 2.93. The van der Waals surface area contributed by atoms with Crippen LogP contribution in [0.5, 0.6) is 0 Å². The van der Waals surface area contributed by atoms with Gasteiger partial charge in [-0.25, -0.2) is 0 Å². The van der Waals surface area contributed by atoms with Gasteiger partial charge < -0.3 is 5.32 Å². The molecule has 0 aromatic heterocycles. The Balaban J connectivity index is 2.38. The van der Waals surface area contributed by atoms with Crippen LogP contribution in [0.3, 0.4) is 0 Å². The van der Waals surface area contributed by atoms with Gasteiger partial charge in [-0.2, -0.15) is 0 Å². The molecule has 1 aliphatic heterocycles. The molecule has 0 radical (unpaired) electrons. The Morgan fingerprint density at radius 2 is 2.29 bits per heavy atom. The van der Waals surface area contributed by atoms with Crippen molar-refractivity contribution in [2.24, 2.45) is 16.8 Å². The smallest absolute Gasteiger partial charge is 0.156 e. The van der Waals surface area contributed by atoms with Crippen molar-refractivity contribution in [3.63, 3.8) is 0 Å². The van der Waals surface area contributed by atoms with Crippen molar-refractivity contribution >= 4 is 16.9 Å². The van der Waals surface area contributed by atoms with Crippen LogP contribution in [0.25, 0.3) is 0 Å². The number of aliphatic imine (C=N–C) groups is 1. The van der Waals surface area contributed by atoms with Crippen molar-refractivity contribution < 1.29 is 0 Å². The van der Waals surface area contributed by atoms with Crippen LogP contribution in [0.15, 0.2) is 4.99 Å². The fourth-order valence-electron chi connectivity index (χ4n) is 1.19. The van der Waals surface area contributed by atoms with Gasteiger partial charge in [0.1, 0.15) is 0 Å². The monoisotopic (exact) mass is 214 g/mol. The molecule has 0 aromatic rings. The summed E-state index contributed by atoms with van der Waals surface area (Å²) in [6.07, 6.45) is 1.22. The van der Waals surface area contributed by atoms with Gasteiger partial charge >= 0.3 is 0 Å². The zero-order valence-electron chi connectivity index (χ0n) is 9.71. The molecule has 0 bridgehead atoms. The fourth-order valence-corrected chi connectivity index (χ4v) is 2.34. The van der Waals surface area contributed by atoms with Crippen molar-refractivity contribution in [1.29, 1.82) is 0 Å². The van der Waals surface area contributed by atoms with Crippen LogP contribution < -0.4 is 5.32 Å². The normalized spacial score (nSPS) is 32.7. The van der Waals surface area contributed by atoms with E-state index in [-0.39, 0.29) is 0 Å². The molecular formula is C11H22N2S. The number of amidine groups is 1. The number of thioether (sulfide) groups is 1. The standard InChI is InChI=1S/C11H22N2S/c1-5-8(2)6-12-11-13-10(4)9(3)7-14-11/h8-10H,5-7H2,1-4H3,(H,12,13). The molecule has 1 rings (SSSR count). The fraction of sp³-hybridized carbons (Fsp3) is 0.909. The van der Waals surface area contributed by atoms with Crippen molar-refractivity contribution in [3.05, 3.63) is 0 Å². The summed E-state index contributed by atoms with van der Waals surface area (Å²) in [4.78, 5) is 4.61. The topological polar surface area (TPSA) is 24.4 Å². The maximum absolute atomic E-state index is 4.61. The van der Waals surface area contributed by atoms with Crippen molar-refractivity contribution in [2.75, 3.05) is 12.3 Å². The summed E-state index contributed by atoms with van der Waals surface area (Å²) in [6, 6.07) is 0.576. The summed E-state index contributed by atoms with van der Waals surface area (Å²) in [5, 5.41) is 4.61. The van der Waals surface area contributed by atoms with E-state index in [4.69, 9.17) is 0 Å². The average Bonchev–Trinajstić information content (AvgIpc) is 2.19. The predicted octanol–water partition coefficient (Wildman–Crippen LogP) is 2.75. The van der Waals surface area contributed by atoms with Gasteiger partial charge in [-0.3, -0.25) is 4.99 Å². The second-order valence-electron chi connectivity index (χ2n) is 4.38. The molecular weight excluding hydrogens is 192 g/mol. The van der Waals surface area contributed by atoms with Crippen LogP contribution in [0.2, 0.25) is 0 Å². The minimum absolute atomic E-state index is 0.576. The van der Waals surface area contributed by atoms with Gasteiger partial charge in [-0.15, -0.1) is 0 Å². The lowest BCUT2D eigenvalue weighted by Crippen LogP contribution is -2.41. The summed E-state index contributed by atoms with van der Waals surface area (Å²) in [6.45, 7) is 9.97. The first kappa shape index (κ1) is 11.9. The molecule has 0 saturated carbocycles. The third kappa shape index (κ3) is 3.52. The van der Waals surface area contributed by atoms with Gasteiger partial charge in [0.15, 0.2) is 5.17 Å². The molecule has 1 saturated heterocycles. The van der Waals surface area contributed by atoms with E-state index in [1.165, 1.54) is 12.2 Å². The van der Waals surface area contributed by atoms with Crippen LogP contribution in [-0.4, -0.2) is 23.5 Å². The quantitative estimate of drug-likeness (QED) is 0.781. The minimum Gasteiger partial charge on any atom is -0.362 e. The summed E-state index contributed by atoms with van der Waals surface area (Å²) in [5.74, 6) is 2.66. The van der Waals surface area contributed by atoms with E-state index in [9.17, 15) is 0 Å². The molecule has 14 heavy (non-hydrogen) atoms. The Morgan fingerprint density at radius 1 is 1.57 bits per heavy atom. The average molecular weight is 214 g/mol. The second-order valence-corrected chi connectivity index (χ2v) is 5.39. The zero-order valence-corrected chi connectivity index (χ0v) is 10.5. The first-order chi connectivity index (χ1) is 6.63. The van der Waals surface area contributed by atoms with Crippen LogP contribution in [0.1, 0.15) is 34.1 Å². The Hall–Kier alpha value is -0.180. The van der Waals surface area contributed by atoms with Gasteiger partial charge in [0.25, 0.3) is 0 Å². The minimum atomic E-state index is 0.576. The molecule has 3 heteroatoms. The maximum atomic E-state index is 4.61. The Morgan fingerprint density at radius 3 is 2.86 bits per heavy atom. The number of nitrogens with one attached hydrogen (secondary N) is 1. The highest BCUT2D eigenvalue weighted by molar-refractivity contribution is 8.13. The lowest BCUT2D eigenvalue weighted by molar-refractivity contribution is 0.488. The number of hydrogen-bond acceptors (Lipinski definition) is 2. The summed E-state index contributed by atoms with van der Waals surface area (Å²) in [7, 11) is 0. The van der Waals surface area contributed by atoms with Gasteiger partial charge in [-0.1, -0.05) is 39.0 Å². The number of hydrogen-bond donors (Lipinski definition) is 1. The largest absolute Gasteiger partial charge is 0.362 e. The van der Waals surface area contributed by atoms with Gasteiger partial charge in [0.2, 0.25) is 0 Å². The molecule has 0 amide bonds. The van der Waals surface area contributed by atoms with E-state index < -0.39 is 0 Å². The molecule has 0 aliphatic carbocycles. The maximum Gasteiger partial charge on any atom is 0.156 e. The Kier molecular flexibility index (Phi) is 4.79. The van der Waals surface area contributed by atoms with Crippen LogP contribution in [-0.2, 0) is 0 Å². The van der Waals surface area contributed by atoms with Crippen LogP contribution in [0.4, 0.5) is 0 Å². The molecule has 2 nitrogen and oxygen atoms in total. The van der Waals surface area contributed by atoms with E-state index in [2.05, 4.69) is 38.0 Å². The predicted molar refractivity (Wildman–Crippen MR) is 66.0 cm³/mol. The summed E-state index contributed by atoms with van der Waals surface area (Å²) in [5.41, 5.74) is 0. The highest BCUT2D eigenvalue weighted by Crippen LogP contribution is 2.19. The summed E-state index contributed by atoms with van der Waals surface area (Å²) < 4.78 is 0. The lowest BCUT2D eigenvalue weighted by atomic mass is 10.1. The van der Waals surface area contributed by atoms with E-state index in [0.29, 0.717) is 12.0 Å². The molecule has 3 unspecified atom stereocenters. The highest BCUT2D eigenvalue weighted by Gasteiger charge is 2.20. The third-order valence-corrected chi connectivity index (χ3v) is 4.14. The van der Waals surface area contributed by atoms with Gasteiger partial charge in [0, 0.05) is 18.3 Å². The van der Waals surface area contributed by atoms with E-state index >= 15 is 0 Å². The lowest BCUT2D eigenvalue weighted by Gasteiger charge is -2.28. The van der Waals surface area contributed by atoms with E-state index in [1.807, 2.05) is 11.8 Å². The molecule has 1 heterocycles. The highest BCUT2D eigenvalue weighted by atomic mass is 32.2. The first-order valence-electron chi connectivity index (χ1n) is 5.57. The van der Waals surface area contributed by atoms with Crippen molar-refractivity contribution in [3.8, 4) is 0 Å². The van der Waals surface area contributed by atoms with Crippen LogP contribution in [0, 0.1) is 11.8 Å². The second kappa shape index (κ2) is 5.64. The van der Waals surface area contributed by atoms with Gasteiger partial charge in [0.05, 0.1) is 0 Å². The first-order valence-corrected chi connectivity index (χ1v) is 6.55. The van der Waals surface area contributed by atoms with E-state index in [0.717, 1.165) is 17.6 Å². The molecule has 1 aliphatic rings. The number of nitrogens with zero attached hydrogens (tertiary/aromatic N) is 1. The van der Waals surface area contributed by atoms with Crippen LogP contribution >= 0.6 is 11.8 Å². The summed E-state index contributed by atoms with van der Waals surface area (Å²) >= 11 is 1.87. The van der Waals surface area contributed by atoms with E-state index in [1.54, 1.807) is 0 Å². The molecule has 0 spiro atoms. The SMILES string of the molecule is CCC(C)CN=C1NC(C)C(C)CS1. The van der Waals surface area contributed by atoms with Crippen molar-refractivity contribution in [2.45, 2.75) is 40.2 Å². The number of rotatable bonds is 3. The van der Waals surface area contributed by atoms with Gasteiger partial charge in [-0.05, 0) is 18.8 Å². The van der Waals surface area contributed by atoms with Crippen molar-refractivity contribution in [1.82, 2.24) is 5.32 Å². The Bertz CT molecular complexity index is 203. The molecule has 1 fully saturated rings.